The first-order valence-corrected chi connectivity index (χ1v) is 15.9. The first kappa shape index (κ1) is 32.7. The molecular formula is C35H42ClN3O6. The third-order valence-corrected chi connectivity index (χ3v) is 9.88. The Morgan fingerprint density at radius 2 is 1.64 bits per heavy atom. The fourth-order valence-corrected chi connectivity index (χ4v) is 7.73. The SMILES string of the molecule is C=CCN(C(=O)C1N(CCCO)C(=O)[C@@H]2[C@@H](C(=O)N(CC=C)c3ccc(OCC)cc3)[C@]3(C)OC12CC3C)c1ccc(Cl)cc1. The Morgan fingerprint density at radius 3 is 2.20 bits per heavy atom. The van der Waals surface area contributed by atoms with E-state index in [2.05, 4.69) is 13.2 Å². The summed E-state index contributed by atoms with van der Waals surface area (Å²) in [5.74, 6) is -2.07. The molecule has 3 aliphatic rings. The molecule has 240 valence electrons. The number of ether oxygens (including phenoxy) is 2. The fraction of sp³-hybridized carbons (Fsp3) is 0.457. The molecule has 5 rings (SSSR count). The van der Waals surface area contributed by atoms with Crippen LogP contribution in [0.15, 0.2) is 73.8 Å². The number of halogens is 1. The van der Waals surface area contributed by atoms with Gasteiger partial charge in [0.1, 0.15) is 17.4 Å². The first-order chi connectivity index (χ1) is 21.6. The fourth-order valence-electron chi connectivity index (χ4n) is 7.60. The van der Waals surface area contributed by atoms with Gasteiger partial charge in [-0.15, -0.1) is 13.2 Å². The molecule has 3 unspecified atom stereocenters. The molecule has 0 aliphatic carbocycles. The number of nitrogens with zero attached hydrogens (tertiary/aromatic N) is 3. The molecule has 2 bridgehead atoms. The lowest BCUT2D eigenvalue weighted by atomic mass is 9.62. The number of hydrogen-bond donors (Lipinski definition) is 1. The number of amides is 3. The number of carbonyl (C=O) groups is 3. The smallest absolute Gasteiger partial charge is 0.253 e. The minimum Gasteiger partial charge on any atom is -0.494 e. The number of aliphatic hydroxyl groups excluding tert-OH is 1. The summed E-state index contributed by atoms with van der Waals surface area (Å²) in [6.45, 7) is 14.5. The standard InChI is InChI=1S/C35H42ClN3O6/c1-6-18-37(26-14-16-27(17-15-26)44-8-3)31(41)28-29-32(42)39(20-9-21-40)30(35(29)22-23(4)34(28,5)45-35)33(43)38(19-7-2)25-12-10-24(36)11-13-25/h6-7,10-17,23,28-30,40H,1-2,8-9,18-22H2,3-5H3/t23?,28-,29-,30?,34+,35?/m0/s1. The van der Waals surface area contributed by atoms with Crippen molar-refractivity contribution in [3.63, 3.8) is 0 Å². The lowest BCUT2D eigenvalue weighted by molar-refractivity contribution is -0.146. The van der Waals surface area contributed by atoms with Crippen molar-refractivity contribution in [1.29, 1.82) is 0 Å². The van der Waals surface area contributed by atoms with Gasteiger partial charge in [-0.25, -0.2) is 0 Å². The maximum absolute atomic E-state index is 14.7. The minimum absolute atomic E-state index is 0.127. The number of carbonyl (C=O) groups excluding carboxylic acids is 3. The lowest BCUT2D eigenvalue weighted by Gasteiger charge is -2.39. The van der Waals surface area contributed by atoms with Gasteiger partial charge in [-0.2, -0.15) is 0 Å². The van der Waals surface area contributed by atoms with Crippen molar-refractivity contribution in [2.24, 2.45) is 17.8 Å². The van der Waals surface area contributed by atoms with E-state index in [1.54, 1.807) is 46.2 Å². The van der Waals surface area contributed by atoms with Crippen LogP contribution in [0.4, 0.5) is 11.4 Å². The summed E-state index contributed by atoms with van der Waals surface area (Å²) in [7, 11) is 0. The molecule has 0 radical (unpaired) electrons. The highest BCUT2D eigenvalue weighted by atomic mass is 35.5. The van der Waals surface area contributed by atoms with Crippen LogP contribution in [-0.2, 0) is 19.1 Å². The molecule has 9 nitrogen and oxygen atoms in total. The Hall–Kier alpha value is -3.66. The Kier molecular flexibility index (Phi) is 9.44. The summed E-state index contributed by atoms with van der Waals surface area (Å²) < 4.78 is 12.5. The summed E-state index contributed by atoms with van der Waals surface area (Å²) in [6, 6.07) is 13.2. The van der Waals surface area contributed by atoms with E-state index in [1.165, 1.54) is 4.90 Å². The molecule has 0 saturated carbocycles. The molecule has 10 heteroatoms. The quantitative estimate of drug-likeness (QED) is 0.315. The van der Waals surface area contributed by atoms with E-state index >= 15 is 0 Å². The maximum atomic E-state index is 14.7. The molecule has 3 amide bonds. The molecular weight excluding hydrogens is 594 g/mol. The Balaban J connectivity index is 1.59. The van der Waals surface area contributed by atoms with Gasteiger partial charge in [0, 0.05) is 42.6 Å². The number of hydrogen-bond acceptors (Lipinski definition) is 6. The molecule has 3 heterocycles. The second-order valence-corrected chi connectivity index (χ2v) is 12.6. The number of aliphatic hydroxyl groups is 1. The van der Waals surface area contributed by atoms with Crippen LogP contribution in [0, 0.1) is 17.8 Å². The number of likely N-dealkylation sites (tertiary alicyclic amines) is 1. The lowest BCUT2D eigenvalue weighted by Crippen LogP contribution is -2.57. The van der Waals surface area contributed by atoms with E-state index in [-0.39, 0.29) is 56.3 Å². The van der Waals surface area contributed by atoms with Crippen LogP contribution in [0.2, 0.25) is 5.02 Å². The van der Waals surface area contributed by atoms with E-state index in [0.29, 0.717) is 35.2 Å². The van der Waals surface area contributed by atoms with Crippen LogP contribution in [0.1, 0.15) is 33.6 Å². The molecule has 1 N–H and O–H groups in total. The molecule has 45 heavy (non-hydrogen) atoms. The van der Waals surface area contributed by atoms with Gasteiger partial charge in [-0.05, 0) is 81.1 Å². The van der Waals surface area contributed by atoms with Crippen molar-refractivity contribution >= 4 is 40.7 Å². The summed E-state index contributed by atoms with van der Waals surface area (Å²) in [5, 5.41) is 10.3. The Labute approximate surface area is 270 Å². The van der Waals surface area contributed by atoms with Gasteiger partial charge in [0.15, 0.2) is 0 Å². The second kappa shape index (κ2) is 13.0. The van der Waals surface area contributed by atoms with Crippen molar-refractivity contribution in [3.05, 3.63) is 78.9 Å². The van der Waals surface area contributed by atoms with E-state index in [4.69, 9.17) is 21.1 Å². The van der Waals surface area contributed by atoms with Crippen molar-refractivity contribution in [1.82, 2.24) is 4.90 Å². The summed E-state index contributed by atoms with van der Waals surface area (Å²) in [5.41, 5.74) is -0.979. The number of fused-ring (bicyclic) bond motifs is 1. The Morgan fingerprint density at radius 1 is 1.07 bits per heavy atom. The molecule has 0 aromatic heterocycles. The molecule has 6 atom stereocenters. The predicted octanol–water partition coefficient (Wildman–Crippen LogP) is 4.87. The van der Waals surface area contributed by atoms with Crippen LogP contribution in [0.25, 0.3) is 0 Å². The van der Waals surface area contributed by atoms with Gasteiger partial charge in [-0.3, -0.25) is 14.4 Å². The van der Waals surface area contributed by atoms with Gasteiger partial charge in [0.05, 0.1) is 24.0 Å². The van der Waals surface area contributed by atoms with Gasteiger partial charge in [0.25, 0.3) is 5.91 Å². The topological polar surface area (TPSA) is 99.6 Å². The van der Waals surface area contributed by atoms with E-state index in [9.17, 15) is 19.5 Å². The zero-order valence-electron chi connectivity index (χ0n) is 26.2. The monoisotopic (exact) mass is 635 g/mol. The first-order valence-electron chi connectivity index (χ1n) is 15.5. The number of anilines is 2. The zero-order chi connectivity index (χ0) is 32.5. The third kappa shape index (κ3) is 5.45. The molecule has 3 fully saturated rings. The van der Waals surface area contributed by atoms with Crippen LogP contribution in [-0.4, -0.2) is 77.8 Å². The molecule has 1 spiro atoms. The average Bonchev–Trinajstić information content (AvgIpc) is 3.54. The van der Waals surface area contributed by atoms with Crippen molar-refractivity contribution < 1.29 is 29.0 Å². The highest BCUT2D eigenvalue weighted by molar-refractivity contribution is 6.30. The predicted molar refractivity (Wildman–Crippen MR) is 174 cm³/mol. The largest absolute Gasteiger partial charge is 0.494 e. The normalized spacial score (nSPS) is 28.1. The summed E-state index contributed by atoms with van der Waals surface area (Å²) in [6.07, 6.45) is 3.99. The number of benzene rings is 2. The number of rotatable bonds is 13. The second-order valence-electron chi connectivity index (χ2n) is 12.2. The minimum atomic E-state index is -1.23. The van der Waals surface area contributed by atoms with Gasteiger partial charge < -0.3 is 29.3 Å². The summed E-state index contributed by atoms with van der Waals surface area (Å²) in [4.78, 5) is 48.6. The van der Waals surface area contributed by atoms with Gasteiger partial charge in [-0.1, -0.05) is 30.7 Å². The highest BCUT2D eigenvalue weighted by Gasteiger charge is 2.80. The van der Waals surface area contributed by atoms with Gasteiger partial charge >= 0.3 is 0 Å². The maximum Gasteiger partial charge on any atom is 0.253 e. The van der Waals surface area contributed by atoms with Crippen LogP contribution in [0.3, 0.4) is 0 Å². The van der Waals surface area contributed by atoms with E-state index in [0.717, 1.165) is 0 Å². The van der Waals surface area contributed by atoms with Crippen molar-refractivity contribution in [2.75, 3.05) is 42.6 Å². The van der Waals surface area contributed by atoms with Crippen molar-refractivity contribution in [3.8, 4) is 5.75 Å². The molecule has 3 saturated heterocycles. The van der Waals surface area contributed by atoms with Crippen LogP contribution < -0.4 is 14.5 Å². The van der Waals surface area contributed by atoms with Crippen LogP contribution in [0.5, 0.6) is 5.75 Å². The van der Waals surface area contributed by atoms with Gasteiger partial charge in [0.2, 0.25) is 11.8 Å². The Bertz CT molecular complexity index is 1450. The average molecular weight is 636 g/mol. The third-order valence-electron chi connectivity index (χ3n) is 9.62. The molecule has 2 aromatic rings. The molecule has 2 aromatic carbocycles. The van der Waals surface area contributed by atoms with E-state index < -0.39 is 29.1 Å². The van der Waals surface area contributed by atoms with E-state index in [1.807, 2.05) is 45.0 Å². The molecule has 3 aliphatic heterocycles. The van der Waals surface area contributed by atoms with Crippen molar-refractivity contribution in [2.45, 2.75) is 50.9 Å². The van der Waals surface area contributed by atoms with Crippen LogP contribution >= 0.6 is 11.6 Å². The summed E-state index contributed by atoms with van der Waals surface area (Å²) >= 11 is 6.15. The zero-order valence-corrected chi connectivity index (χ0v) is 26.9. The highest BCUT2D eigenvalue weighted by Crippen LogP contribution is 2.65.